The monoisotopic (exact) mass is 375 g/mol. The molecule has 1 heterocycles. The first kappa shape index (κ1) is 22.0. The van der Waals surface area contributed by atoms with E-state index in [0.29, 0.717) is 29.5 Å². The quantitative estimate of drug-likeness (QED) is 0.371. The van der Waals surface area contributed by atoms with Crippen molar-refractivity contribution in [3.63, 3.8) is 0 Å². The third kappa shape index (κ3) is 8.71. The first-order chi connectivity index (χ1) is 12.9. The summed E-state index contributed by atoms with van der Waals surface area (Å²) in [6.45, 7) is 1.11. The van der Waals surface area contributed by atoms with E-state index in [0.717, 1.165) is 0 Å². The van der Waals surface area contributed by atoms with Crippen molar-refractivity contribution in [2.75, 3.05) is 26.2 Å². The van der Waals surface area contributed by atoms with Crippen LogP contribution in [0.2, 0.25) is 0 Å². The van der Waals surface area contributed by atoms with Gasteiger partial charge in [0.05, 0.1) is 37.6 Å². The average Bonchev–Trinajstić information content (AvgIpc) is 2.54. The van der Waals surface area contributed by atoms with E-state index in [-0.39, 0.29) is 26.2 Å². The highest BCUT2D eigenvalue weighted by molar-refractivity contribution is 5.72. The van der Waals surface area contributed by atoms with Crippen molar-refractivity contribution in [2.45, 2.75) is 20.0 Å². The van der Waals surface area contributed by atoms with Crippen LogP contribution in [-0.4, -0.2) is 75.7 Å². The van der Waals surface area contributed by atoms with Crippen molar-refractivity contribution in [1.82, 2.24) is 14.8 Å². The van der Waals surface area contributed by atoms with Crippen LogP contribution in [0.25, 0.3) is 0 Å². The lowest BCUT2D eigenvalue weighted by Gasteiger charge is -2.19. The highest BCUT2D eigenvalue weighted by Gasteiger charge is 2.16. The van der Waals surface area contributed by atoms with Gasteiger partial charge >= 0.3 is 11.9 Å². The number of rotatable bonds is 12. The molecule has 1 aromatic heterocycles. The van der Waals surface area contributed by atoms with E-state index in [1.54, 1.807) is 24.0 Å². The maximum absolute atomic E-state index is 11.0. The fourth-order valence-electron chi connectivity index (χ4n) is 2.45. The molecule has 0 radical (unpaired) electrons. The fourth-order valence-corrected chi connectivity index (χ4v) is 2.45. The van der Waals surface area contributed by atoms with E-state index in [2.05, 4.69) is 16.8 Å². The number of pyridine rings is 1. The lowest BCUT2D eigenvalue weighted by molar-refractivity contribution is -0.142. The molecule has 0 saturated carbocycles. The van der Waals surface area contributed by atoms with Crippen LogP contribution in [0.5, 0.6) is 0 Å². The minimum atomic E-state index is -1.15. The SMILES string of the molecule is CC#Cc1cc(CN(CC=O)CC=O)nc(CN(CC(=O)O)CC(=O)O)c1. The molecule has 0 unspecified atom stereocenters. The van der Waals surface area contributed by atoms with Gasteiger partial charge in [0, 0.05) is 18.7 Å². The lowest BCUT2D eigenvalue weighted by atomic mass is 10.1. The number of hydrogen-bond donors (Lipinski definition) is 2. The van der Waals surface area contributed by atoms with E-state index in [1.807, 2.05) is 0 Å². The van der Waals surface area contributed by atoms with Crippen molar-refractivity contribution in [1.29, 1.82) is 0 Å². The summed E-state index contributed by atoms with van der Waals surface area (Å²) in [7, 11) is 0. The van der Waals surface area contributed by atoms with E-state index in [1.165, 1.54) is 4.90 Å². The number of hydrogen-bond acceptors (Lipinski definition) is 7. The van der Waals surface area contributed by atoms with Crippen LogP contribution < -0.4 is 0 Å². The predicted octanol–water partition coefficient (Wildman–Crippen LogP) is -0.376. The van der Waals surface area contributed by atoms with Gasteiger partial charge in [0.25, 0.3) is 0 Å². The zero-order chi connectivity index (χ0) is 20.2. The van der Waals surface area contributed by atoms with Gasteiger partial charge in [-0.05, 0) is 19.1 Å². The van der Waals surface area contributed by atoms with Crippen molar-refractivity contribution in [2.24, 2.45) is 0 Å². The Morgan fingerprint density at radius 3 is 1.89 bits per heavy atom. The second-order valence-corrected chi connectivity index (χ2v) is 5.67. The van der Waals surface area contributed by atoms with Gasteiger partial charge in [-0.2, -0.15) is 0 Å². The molecule has 0 aromatic carbocycles. The molecule has 2 N–H and O–H groups in total. The molecule has 0 fully saturated rings. The van der Waals surface area contributed by atoms with Crippen LogP contribution in [0.15, 0.2) is 12.1 Å². The topological polar surface area (TPSA) is 128 Å². The third-order valence-corrected chi connectivity index (χ3v) is 3.36. The molecule has 9 nitrogen and oxygen atoms in total. The largest absolute Gasteiger partial charge is 0.480 e. The summed E-state index contributed by atoms with van der Waals surface area (Å²) >= 11 is 0. The van der Waals surface area contributed by atoms with Crippen LogP contribution >= 0.6 is 0 Å². The Kier molecular flexibility index (Phi) is 9.36. The van der Waals surface area contributed by atoms with Gasteiger partial charge in [-0.1, -0.05) is 5.92 Å². The molecule has 1 rings (SSSR count). The molecule has 27 heavy (non-hydrogen) atoms. The number of carbonyl (C=O) groups excluding carboxylic acids is 2. The van der Waals surface area contributed by atoms with Crippen LogP contribution in [0.4, 0.5) is 0 Å². The number of aliphatic carboxylic acids is 2. The molecule has 9 heteroatoms. The van der Waals surface area contributed by atoms with Gasteiger partial charge in [-0.25, -0.2) is 0 Å². The Morgan fingerprint density at radius 1 is 1.00 bits per heavy atom. The van der Waals surface area contributed by atoms with Crippen molar-refractivity contribution in [3.05, 3.63) is 29.1 Å². The second kappa shape index (κ2) is 11.5. The molecule has 0 aliphatic rings. The van der Waals surface area contributed by atoms with Gasteiger partial charge < -0.3 is 19.8 Å². The maximum Gasteiger partial charge on any atom is 0.317 e. The summed E-state index contributed by atoms with van der Waals surface area (Å²) < 4.78 is 0. The number of aldehydes is 2. The minimum absolute atomic E-state index is 0.00615. The van der Waals surface area contributed by atoms with E-state index < -0.39 is 25.0 Å². The summed E-state index contributed by atoms with van der Waals surface area (Å²) in [5, 5.41) is 17.9. The Bertz CT molecular complexity index is 727. The van der Waals surface area contributed by atoms with Gasteiger partial charge in [0.2, 0.25) is 0 Å². The number of carboxylic acids is 2. The summed E-state index contributed by atoms with van der Waals surface area (Å²) in [6.07, 6.45) is 1.36. The van der Waals surface area contributed by atoms with Crippen LogP contribution in [0.1, 0.15) is 23.9 Å². The summed E-state index contributed by atoms with van der Waals surface area (Å²) in [6, 6.07) is 3.36. The van der Waals surface area contributed by atoms with Gasteiger partial charge in [-0.3, -0.25) is 24.4 Å². The molecule has 0 saturated heterocycles. The van der Waals surface area contributed by atoms with E-state index in [9.17, 15) is 19.2 Å². The molecular formula is C18H21N3O6. The van der Waals surface area contributed by atoms with Crippen molar-refractivity contribution >= 4 is 24.5 Å². The molecule has 0 amide bonds. The molecule has 0 atom stereocenters. The van der Waals surface area contributed by atoms with Crippen LogP contribution in [-0.2, 0) is 32.3 Å². The van der Waals surface area contributed by atoms with Crippen molar-refractivity contribution in [3.8, 4) is 11.8 Å². The van der Waals surface area contributed by atoms with E-state index >= 15 is 0 Å². The highest BCUT2D eigenvalue weighted by atomic mass is 16.4. The highest BCUT2D eigenvalue weighted by Crippen LogP contribution is 2.11. The number of carbonyl (C=O) groups is 4. The first-order valence-corrected chi connectivity index (χ1v) is 8.06. The van der Waals surface area contributed by atoms with Crippen LogP contribution in [0.3, 0.4) is 0 Å². The first-order valence-electron chi connectivity index (χ1n) is 8.06. The zero-order valence-corrected chi connectivity index (χ0v) is 14.9. The van der Waals surface area contributed by atoms with Gasteiger partial charge in [-0.15, -0.1) is 5.92 Å². The standard InChI is InChI=1S/C18H21N3O6/c1-2-3-14-8-15(10-20(4-6-22)5-7-23)19-16(9-14)11-21(12-17(24)25)13-18(26)27/h6-9H,4-5,10-13H2,1H3,(H,24,25)(H,26,27). The normalized spacial score (nSPS) is 10.3. The molecule has 0 spiro atoms. The van der Waals surface area contributed by atoms with Crippen LogP contribution in [0, 0.1) is 11.8 Å². The van der Waals surface area contributed by atoms with E-state index in [4.69, 9.17) is 10.2 Å². The number of carboxylic acid groups (broad SMARTS) is 2. The Labute approximate surface area is 156 Å². The average molecular weight is 375 g/mol. The summed E-state index contributed by atoms with van der Waals surface area (Å²) in [5.41, 5.74) is 1.62. The second-order valence-electron chi connectivity index (χ2n) is 5.67. The number of aromatic nitrogens is 1. The van der Waals surface area contributed by atoms with Gasteiger partial charge in [0.1, 0.15) is 12.6 Å². The number of nitrogens with zero attached hydrogens (tertiary/aromatic N) is 3. The maximum atomic E-state index is 11.0. The molecular weight excluding hydrogens is 354 g/mol. The Morgan fingerprint density at radius 2 is 1.48 bits per heavy atom. The fraction of sp³-hybridized carbons (Fsp3) is 0.389. The third-order valence-electron chi connectivity index (χ3n) is 3.36. The molecule has 0 bridgehead atoms. The van der Waals surface area contributed by atoms with Gasteiger partial charge in [0.15, 0.2) is 0 Å². The zero-order valence-electron chi connectivity index (χ0n) is 14.9. The molecule has 0 aliphatic heterocycles. The Balaban J connectivity index is 3.12. The lowest BCUT2D eigenvalue weighted by Crippen LogP contribution is -2.34. The molecule has 1 aromatic rings. The predicted molar refractivity (Wildman–Crippen MR) is 94.7 cm³/mol. The summed E-state index contributed by atoms with van der Waals surface area (Å²) in [4.78, 5) is 50.6. The molecule has 144 valence electrons. The molecule has 0 aliphatic carbocycles. The van der Waals surface area contributed by atoms with Crippen molar-refractivity contribution < 1.29 is 29.4 Å². The Hall–Kier alpha value is -3.09. The smallest absolute Gasteiger partial charge is 0.317 e. The summed E-state index contributed by atoms with van der Waals surface area (Å²) in [5.74, 6) is 3.34. The minimum Gasteiger partial charge on any atom is -0.480 e.